The first-order chi connectivity index (χ1) is 0. The van der Waals surface area contributed by atoms with E-state index in [-0.39, 0.29) is 146 Å². The molecule has 0 spiro atoms. The first-order valence-electron chi connectivity index (χ1n) is 0. The van der Waals surface area contributed by atoms with Crippen molar-refractivity contribution >= 4 is 73.8 Å². The average molecular weight is 350 g/mol. The van der Waals surface area contributed by atoms with Gasteiger partial charge in [0.25, 0.3) is 0 Å². The largest absolute Gasteiger partial charge is 2.00 e. The second-order valence-electron chi connectivity index (χ2n) is 0. The molecule has 0 heterocycles. The van der Waals surface area contributed by atoms with Crippen LogP contribution in [0, 0.1) is 0 Å². The van der Waals surface area contributed by atoms with Crippen LogP contribution in [-0.4, -0.2) is 73.8 Å². The summed E-state index contributed by atoms with van der Waals surface area (Å²) in [6.45, 7) is 0. The van der Waals surface area contributed by atoms with Crippen molar-refractivity contribution < 1.29 is 72.0 Å². The van der Waals surface area contributed by atoms with Crippen LogP contribution in [-0.2, 0) is 69.1 Å². The molecule has 0 aliphatic rings. The van der Waals surface area contributed by atoms with E-state index in [0.717, 1.165) is 0 Å². The smallest absolute Gasteiger partial charge is 1.00 e. The molecule has 0 aliphatic heterocycles. The molecule has 0 fully saturated rings. The minimum Gasteiger partial charge on any atom is -1.00 e. The van der Waals surface area contributed by atoms with Crippen molar-refractivity contribution in [3.63, 3.8) is 0 Å². The summed E-state index contributed by atoms with van der Waals surface area (Å²) < 4.78 is 0. The molecule has 0 unspecified atom stereocenters. The monoisotopic (exact) mass is 349 g/mol. The van der Waals surface area contributed by atoms with Crippen molar-refractivity contribution in [1.82, 2.24) is 0 Å². The van der Waals surface area contributed by atoms with Crippen molar-refractivity contribution in [2.45, 2.75) is 0 Å². The molecule has 35 valence electrons. The van der Waals surface area contributed by atoms with Gasteiger partial charge in [0.2, 0.25) is 0 Å². The van der Waals surface area contributed by atoms with E-state index in [9.17, 15) is 0 Å². The minimum absolute atomic E-state index is 0. The van der Waals surface area contributed by atoms with Crippen molar-refractivity contribution in [3.05, 3.63) is 0 Å². The van der Waals surface area contributed by atoms with E-state index >= 15 is 0 Å². The average Bonchev–Trinajstić information content (AvgIpc) is 0. The van der Waals surface area contributed by atoms with Gasteiger partial charge in [0.15, 0.2) is 17.4 Å². The topological polar surface area (TPSA) is 0 Å². The molecule has 0 aromatic heterocycles. The SMILES string of the molecule is [AlH3].[Cu].[H-].[H-].[Sc].[SiH3].[Sr+2].[Zr]. The molecule has 6 heteroatoms. The maximum Gasteiger partial charge on any atom is 2.00 e. The molecule has 0 N–H and O–H groups in total. The van der Waals surface area contributed by atoms with Crippen molar-refractivity contribution in [2.24, 2.45) is 0 Å². The summed E-state index contributed by atoms with van der Waals surface area (Å²) in [6.07, 6.45) is 0. The van der Waals surface area contributed by atoms with Gasteiger partial charge >= 0.3 is 45.5 Å². The molecule has 0 rings (SSSR count). The van der Waals surface area contributed by atoms with Crippen LogP contribution in [0.2, 0.25) is 0 Å². The third-order valence-corrected chi connectivity index (χ3v) is 0. The molecule has 0 aliphatic carbocycles. The third-order valence-electron chi connectivity index (χ3n) is 0. The Kier molecular flexibility index (Phi) is 264. The molecule has 0 bridgehead atoms. The van der Waals surface area contributed by atoms with E-state index in [4.69, 9.17) is 0 Å². The predicted molar refractivity (Wildman–Crippen MR) is 27.9 cm³/mol. The van der Waals surface area contributed by atoms with Crippen molar-refractivity contribution in [1.29, 1.82) is 0 Å². The summed E-state index contributed by atoms with van der Waals surface area (Å²) >= 11 is 0. The molecular weight excluding hydrogens is 342 g/mol. The summed E-state index contributed by atoms with van der Waals surface area (Å²) in [7, 11) is 0. The van der Waals surface area contributed by atoms with Crippen LogP contribution < -0.4 is 0 Å². The number of hydrogen-bond acceptors (Lipinski definition) is 0. The van der Waals surface area contributed by atoms with Gasteiger partial charge < -0.3 is 2.85 Å². The van der Waals surface area contributed by atoms with Crippen LogP contribution in [0.5, 0.6) is 0 Å². The Morgan fingerprint density at radius 1 is 1.17 bits per heavy atom. The molecule has 0 aromatic rings. The van der Waals surface area contributed by atoms with Crippen LogP contribution >= 0.6 is 0 Å². The molecule has 0 atom stereocenters. The van der Waals surface area contributed by atoms with Crippen LogP contribution in [0.25, 0.3) is 0 Å². The molecule has 0 aromatic carbocycles. The van der Waals surface area contributed by atoms with Gasteiger partial charge in [-0.25, -0.2) is 0 Å². The van der Waals surface area contributed by atoms with Crippen LogP contribution in [0.4, 0.5) is 0 Å². The van der Waals surface area contributed by atoms with Crippen LogP contribution in [0.15, 0.2) is 0 Å². The summed E-state index contributed by atoms with van der Waals surface area (Å²) in [6, 6.07) is 0. The van der Waals surface area contributed by atoms with Crippen LogP contribution in [0.3, 0.4) is 0 Å². The second-order valence-corrected chi connectivity index (χ2v) is 0. The normalized spacial score (nSPS) is 0. The predicted octanol–water partition coefficient (Wildman–Crippen LogP) is -2.53. The standard InChI is InChI=1S/Al.Cu.Sc.H3Si.Sr.Zr.5H/h;;;1H3;;;;;;;/q;;;;+2;;;;;2*-1. The van der Waals surface area contributed by atoms with Gasteiger partial charge in [-0.15, -0.1) is 0 Å². The number of rotatable bonds is 0. The van der Waals surface area contributed by atoms with E-state index in [1.165, 1.54) is 0 Å². The van der Waals surface area contributed by atoms with Gasteiger partial charge in [-0.05, 0) is 11.0 Å². The molecule has 3 radical (unpaired) electrons. The molecule has 0 saturated heterocycles. The van der Waals surface area contributed by atoms with E-state index < -0.39 is 0 Å². The van der Waals surface area contributed by atoms with E-state index in [1.807, 2.05) is 0 Å². The van der Waals surface area contributed by atoms with Gasteiger partial charge in [-0.2, -0.15) is 0 Å². The van der Waals surface area contributed by atoms with Gasteiger partial charge in [-0.1, -0.05) is 0 Å². The fourth-order valence-corrected chi connectivity index (χ4v) is 0. The molecule has 0 nitrogen and oxygen atoms in total. The number of hydrogen-bond donors (Lipinski definition) is 0. The Morgan fingerprint density at radius 2 is 1.17 bits per heavy atom. The molecule has 6 heavy (non-hydrogen) atoms. The maximum atomic E-state index is 0. The summed E-state index contributed by atoms with van der Waals surface area (Å²) in [5.41, 5.74) is 0. The van der Waals surface area contributed by atoms with Crippen LogP contribution in [0.1, 0.15) is 2.85 Å². The molecule has 0 saturated carbocycles. The zero-order chi connectivity index (χ0) is 0. The Balaban J connectivity index is 0. The van der Waals surface area contributed by atoms with Crippen molar-refractivity contribution in [3.8, 4) is 0 Å². The maximum absolute atomic E-state index is 0. The fraction of sp³-hybridized carbons (Fsp3) is 0. The minimum atomic E-state index is 0. The molecular formula is H8AlCuScSiSrZr. The van der Waals surface area contributed by atoms with Gasteiger partial charge in [0.1, 0.15) is 0 Å². The third kappa shape index (κ3) is 23.6. The Labute approximate surface area is 142 Å². The zero-order valence-corrected chi connectivity index (χ0v) is 13.8. The van der Waals surface area contributed by atoms with E-state index in [1.54, 1.807) is 0 Å². The van der Waals surface area contributed by atoms with Gasteiger partial charge in [0.05, 0.1) is 0 Å². The summed E-state index contributed by atoms with van der Waals surface area (Å²) in [4.78, 5) is 0. The molecule has 0 amide bonds. The van der Waals surface area contributed by atoms with Gasteiger partial charge in [-0.3, -0.25) is 0 Å². The second kappa shape index (κ2) is 33.9. The van der Waals surface area contributed by atoms with Crippen molar-refractivity contribution in [2.75, 3.05) is 0 Å². The zero-order valence-electron chi connectivity index (χ0n) is 5.09. The Bertz CT molecular complexity index is 22.0. The van der Waals surface area contributed by atoms with E-state index in [2.05, 4.69) is 0 Å². The van der Waals surface area contributed by atoms with E-state index in [0.29, 0.717) is 0 Å². The Hall–Kier alpha value is 4.50. The summed E-state index contributed by atoms with van der Waals surface area (Å²) in [5.74, 6) is 0. The quantitative estimate of drug-likeness (QED) is 0.423. The Morgan fingerprint density at radius 3 is 1.17 bits per heavy atom. The van der Waals surface area contributed by atoms with Gasteiger partial charge in [0, 0.05) is 69.1 Å². The fourth-order valence-electron chi connectivity index (χ4n) is 0. The summed E-state index contributed by atoms with van der Waals surface area (Å²) in [5, 5.41) is 0. The first kappa shape index (κ1) is 46.8. The first-order valence-corrected chi connectivity index (χ1v) is 0.